The molecule has 3 N–H and O–H groups in total. The number of nitrogens with one attached hydrogen (secondary N) is 3. The van der Waals surface area contributed by atoms with Gasteiger partial charge in [0.05, 0.1) is 12.6 Å². The first-order valence-corrected chi connectivity index (χ1v) is 13.5. The first-order chi connectivity index (χ1) is 19.4. The summed E-state index contributed by atoms with van der Waals surface area (Å²) in [6.45, 7) is 2.81. The largest absolute Gasteiger partial charge is 0.362 e. The Balaban J connectivity index is 1.50. The van der Waals surface area contributed by atoms with Crippen LogP contribution in [0.3, 0.4) is 0 Å². The van der Waals surface area contributed by atoms with Crippen molar-refractivity contribution in [1.29, 1.82) is 10.5 Å². The summed E-state index contributed by atoms with van der Waals surface area (Å²) in [6.07, 6.45) is 3.48. The molecular formula is C29H27N7O3S. The van der Waals surface area contributed by atoms with Crippen LogP contribution < -0.4 is 35.6 Å². The lowest BCUT2D eigenvalue weighted by atomic mass is 10.0. The Labute approximate surface area is 234 Å². The number of anilines is 3. The van der Waals surface area contributed by atoms with E-state index in [1.54, 1.807) is 37.3 Å². The van der Waals surface area contributed by atoms with Crippen molar-refractivity contribution in [1.82, 2.24) is 9.88 Å². The van der Waals surface area contributed by atoms with Crippen LogP contribution in [0, 0.1) is 22.7 Å². The van der Waals surface area contributed by atoms with Crippen molar-refractivity contribution < 1.29 is 9.59 Å². The standard InChI is InChI=1S/C29H27N7O3S/c1-2-36-28(39)25(40-29(36)23(18-31)27(38)33-15-13-30)12-14-32-21-9-5-10-22(17-21)34-26(37)19-35-16-6-8-20-7-3-4-11-24(20)35/h3-5,7,9-11,14,17,32H,2,6,8,15-16,19H2,1H3,(H,33,38)(H,34,37)/b29-23-. The molecule has 0 atom stereocenters. The molecule has 10 nitrogen and oxygen atoms in total. The number of benzene rings is 2. The Kier molecular flexibility index (Phi) is 9.16. The highest BCUT2D eigenvalue weighted by Crippen LogP contribution is 2.26. The number of nitriles is 2. The second kappa shape index (κ2) is 13.1. The molecule has 0 radical (unpaired) electrons. The summed E-state index contributed by atoms with van der Waals surface area (Å²) in [5.74, 6) is -0.838. The minimum Gasteiger partial charge on any atom is -0.362 e. The van der Waals surface area contributed by atoms with E-state index in [9.17, 15) is 19.6 Å². The summed E-state index contributed by atoms with van der Waals surface area (Å²) in [5.41, 5.74) is 5.90. The molecule has 4 rings (SSSR count). The number of hydrogen-bond donors (Lipinski definition) is 3. The zero-order valence-corrected chi connectivity index (χ0v) is 22.7. The van der Waals surface area contributed by atoms with Crippen LogP contribution in [0.4, 0.5) is 17.1 Å². The van der Waals surface area contributed by atoms with Crippen molar-refractivity contribution in [3.63, 3.8) is 0 Å². The second-order valence-electron chi connectivity index (χ2n) is 8.83. The number of aryl methyl sites for hydroxylation is 1. The summed E-state index contributed by atoms with van der Waals surface area (Å²) in [7, 11) is 0. The first kappa shape index (κ1) is 27.9. The lowest BCUT2D eigenvalue weighted by Gasteiger charge is -2.30. The van der Waals surface area contributed by atoms with E-state index in [4.69, 9.17) is 5.26 Å². The van der Waals surface area contributed by atoms with Crippen LogP contribution in [-0.2, 0) is 22.6 Å². The van der Waals surface area contributed by atoms with E-state index in [1.807, 2.05) is 24.3 Å². The molecule has 0 spiro atoms. The molecule has 0 unspecified atom stereocenters. The van der Waals surface area contributed by atoms with Gasteiger partial charge in [-0.3, -0.25) is 19.0 Å². The highest BCUT2D eigenvalue weighted by atomic mass is 32.1. The average molecular weight is 554 g/mol. The van der Waals surface area contributed by atoms with Gasteiger partial charge in [-0.25, -0.2) is 0 Å². The van der Waals surface area contributed by atoms with E-state index in [0.29, 0.717) is 11.4 Å². The monoisotopic (exact) mass is 553 g/mol. The maximum Gasteiger partial charge on any atom is 0.277 e. The SMILES string of the molecule is CCn1c(=O)c(=C=CNc2cccc(NC(=O)CN3CCCc4ccccc43)c2)s/c1=C(/C#N)C(=O)NCC#N. The van der Waals surface area contributed by atoms with Crippen LogP contribution in [0.5, 0.6) is 0 Å². The number of amides is 2. The third-order valence-electron chi connectivity index (χ3n) is 6.21. The molecule has 0 bridgehead atoms. The summed E-state index contributed by atoms with van der Waals surface area (Å²) in [5, 5.41) is 26.5. The quantitative estimate of drug-likeness (QED) is 0.360. The Hall–Kier alpha value is -5.09. The molecule has 2 amide bonds. The molecule has 2 heterocycles. The topological polar surface area (TPSA) is 143 Å². The number of fused-ring (bicyclic) bond motifs is 1. The highest BCUT2D eigenvalue weighted by Gasteiger charge is 2.19. The molecule has 0 saturated heterocycles. The smallest absolute Gasteiger partial charge is 0.277 e. The second-order valence-corrected chi connectivity index (χ2v) is 9.83. The van der Waals surface area contributed by atoms with Gasteiger partial charge in [-0.05, 0) is 49.6 Å². The molecule has 0 saturated carbocycles. The van der Waals surface area contributed by atoms with Gasteiger partial charge < -0.3 is 20.9 Å². The lowest BCUT2D eigenvalue weighted by molar-refractivity contribution is -0.116. The zero-order valence-electron chi connectivity index (χ0n) is 21.9. The molecule has 1 aromatic heterocycles. The van der Waals surface area contributed by atoms with Gasteiger partial charge in [0.15, 0.2) is 5.57 Å². The predicted molar refractivity (Wildman–Crippen MR) is 155 cm³/mol. The Morgan fingerprint density at radius 2 is 1.93 bits per heavy atom. The van der Waals surface area contributed by atoms with Crippen LogP contribution in [0.2, 0.25) is 0 Å². The van der Waals surface area contributed by atoms with E-state index in [-0.39, 0.29) is 45.9 Å². The van der Waals surface area contributed by atoms with Gasteiger partial charge in [0, 0.05) is 36.4 Å². The Morgan fingerprint density at radius 3 is 2.70 bits per heavy atom. The third kappa shape index (κ3) is 6.48. The fourth-order valence-corrected chi connectivity index (χ4v) is 5.47. The molecule has 3 aromatic rings. The number of thiazole rings is 1. The zero-order chi connectivity index (χ0) is 28.5. The number of carbonyl (C=O) groups is 2. The molecule has 1 aliphatic rings. The predicted octanol–water partition coefficient (Wildman–Crippen LogP) is 1.64. The van der Waals surface area contributed by atoms with E-state index in [0.717, 1.165) is 36.4 Å². The van der Waals surface area contributed by atoms with Crippen LogP contribution in [0.1, 0.15) is 18.9 Å². The maximum atomic E-state index is 12.8. The van der Waals surface area contributed by atoms with Crippen molar-refractivity contribution in [2.75, 3.05) is 35.2 Å². The summed E-state index contributed by atoms with van der Waals surface area (Å²) < 4.78 is 1.72. The molecule has 0 fully saturated rings. The van der Waals surface area contributed by atoms with Crippen LogP contribution in [0.15, 0.2) is 59.5 Å². The van der Waals surface area contributed by atoms with Gasteiger partial charge in [0.2, 0.25) is 5.91 Å². The number of aromatic nitrogens is 1. The van der Waals surface area contributed by atoms with E-state index in [2.05, 4.69) is 32.6 Å². The van der Waals surface area contributed by atoms with E-state index in [1.165, 1.54) is 16.3 Å². The van der Waals surface area contributed by atoms with Gasteiger partial charge in [-0.15, -0.1) is 11.3 Å². The van der Waals surface area contributed by atoms with Crippen molar-refractivity contribution in [2.24, 2.45) is 0 Å². The number of nitrogens with zero attached hydrogens (tertiary/aromatic N) is 4. The number of carbonyl (C=O) groups excluding carboxylic acids is 2. The molecule has 40 heavy (non-hydrogen) atoms. The van der Waals surface area contributed by atoms with Gasteiger partial charge in [-0.1, -0.05) is 30.0 Å². The van der Waals surface area contributed by atoms with Crippen LogP contribution >= 0.6 is 11.3 Å². The normalized spacial score (nSPS) is 12.6. The van der Waals surface area contributed by atoms with Crippen molar-refractivity contribution >= 4 is 51.5 Å². The summed E-state index contributed by atoms with van der Waals surface area (Å²) in [4.78, 5) is 40.0. The molecule has 11 heteroatoms. The minimum absolute atomic E-state index is 0.120. The van der Waals surface area contributed by atoms with Gasteiger partial charge >= 0.3 is 0 Å². The van der Waals surface area contributed by atoms with E-state index >= 15 is 0 Å². The van der Waals surface area contributed by atoms with Gasteiger partial charge in [0.25, 0.3) is 11.5 Å². The van der Waals surface area contributed by atoms with Gasteiger partial charge in [-0.2, -0.15) is 10.5 Å². The van der Waals surface area contributed by atoms with Crippen molar-refractivity contribution in [3.8, 4) is 12.1 Å². The van der Waals surface area contributed by atoms with Crippen molar-refractivity contribution in [2.45, 2.75) is 26.3 Å². The van der Waals surface area contributed by atoms with E-state index < -0.39 is 5.91 Å². The molecule has 0 aliphatic carbocycles. The first-order valence-electron chi connectivity index (χ1n) is 12.7. The summed E-state index contributed by atoms with van der Waals surface area (Å²) >= 11 is 0.967. The Morgan fingerprint density at radius 1 is 1.12 bits per heavy atom. The third-order valence-corrected chi connectivity index (χ3v) is 7.32. The van der Waals surface area contributed by atoms with Crippen LogP contribution in [-0.4, -0.2) is 36.0 Å². The number of para-hydroxylation sites is 1. The average Bonchev–Trinajstić information content (AvgIpc) is 3.27. The highest BCUT2D eigenvalue weighted by molar-refractivity contribution is 7.07. The molecule has 202 valence electrons. The Bertz CT molecular complexity index is 1740. The molecular weight excluding hydrogens is 526 g/mol. The fraction of sp³-hybridized carbons (Fsp3) is 0.241. The molecule has 2 aromatic carbocycles. The lowest BCUT2D eigenvalue weighted by Crippen LogP contribution is -2.36. The molecule has 1 aliphatic heterocycles. The maximum absolute atomic E-state index is 12.8. The number of hydrogen-bond acceptors (Lipinski definition) is 8. The van der Waals surface area contributed by atoms with Crippen LogP contribution in [0.25, 0.3) is 11.3 Å². The summed E-state index contributed by atoms with van der Waals surface area (Å²) in [6, 6.07) is 18.9. The fourth-order valence-electron chi connectivity index (χ4n) is 4.40. The number of rotatable bonds is 8. The van der Waals surface area contributed by atoms with Crippen molar-refractivity contribution in [3.05, 3.63) is 79.8 Å². The van der Waals surface area contributed by atoms with Gasteiger partial charge in [0.1, 0.15) is 21.8 Å². The minimum atomic E-state index is -0.718.